The van der Waals surface area contributed by atoms with Crippen molar-refractivity contribution in [2.24, 2.45) is 5.92 Å². The van der Waals surface area contributed by atoms with Crippen LogP contribution in [0.4, 0.5) is 4.39 Å². The monoisotopic (exact) mass is 394 g/mol. The average Bonchev–Trinajstić information content (AvgIpc) is 3.18. The lowest BCUT2D eigenvalue weighted by molar-refractivity contribution is -0.127. The number of carbonyl (C=O) groups is 2. The molecule has 0 radical (unpaired) electrons. The molecular weight excluding hydrogens is 371 g/mol. The molecule has 0 bridgehead atoms. The molecule has 4 rings (SSSR count). The lowest BCUT2D eigenvalue weighted by Gasteiger charge is -2.32. The van der Waals surface area contributed by atoms with Gasteiger partial charge < -0.3 is 14.6 Å². The third-order valence-electron chi connectivity index (χ3n) is 5.40. The van der Waals surface area contributed by atoms with Crippen LogP contribution in [0.5, 0.6) is 0 Å². The summed E-state index contributed by atoms with van der Waals surface area (Å²) in [6.07, 6.45) is 1.48. The number of benzene rings is 2. The molecule has 1 N–H and O–H groups in total. The van der Waals surface area contributed by atoms with E-state index >= 15 is 0 Å². The highest BCUT2D eigenvalue weighted by atomic mass is 19.1. The van der Waals surface area contributed by atoms with Crippen LogP contribution in [0.25, 0.3) is 11.0 Å². The van der Waals surface area contributed by atoms with Crippen LogP contribution >= 0.6 is 0 Å². The van der Waals surface area contributed by atoms with Crippen LogP contribution in [0.3, 0.4) is 0 Å². The summed E-state index contributed by atoms with van der Waals surface area (Å²) in [6.45, 7) is 2.84. The van der Waals surface area contributed by atoms with Gasteiger partial charge in [0.15, 0.2) is 0 Å². The van der Waals surface area contributed by atoms with E-state index < -0.39 is 0 Å². The molecule has 0 spiro atoms. The summed E-state index contributed by atoms with van der Waals surface area (Å²) in [7, 11) is 0. The van der Waals surface area contributed by atoms with Crippen molar-refractivity contribution >= 4 is 22.8 Å². The Morgan fingerprint density at radius 3 is 2.69 bits per heavy atom. The number of carbonyl (C=O) groups excluding carboxylic acids is 2. The SMILES string of the molecule is CC(NC(=O)C1CCCN(C(=O)c2ccc(F)cc2)C1)c1cc2ccccc2o1. The highest BCUT2D eigenvalue weighted by Crippen LogP contribution is 2.25. The van der Waals surface area contributed by atoms with Gasteiger partial charge in [-0.2, -0.15) is 0 Å². The zero-order valence-electron chi connectivity index (χ0n) is 16.2. The fraction of sp³-hybridized carbons (Fsp3) is 0.304. The largest absolute Gasteiger partial charge is 0.459 e. The van der Waals surface area contributed by atoms with Crippen molar-refractivity contribution in [2.45, 2.75) is 25.8 Å². The molecule has 0 aliphatic carbocycles. The van der Waals surface area contributed by atoms with Crippen LogP contribution < -0.4 is 5.32 Å². The predicted octanol–water partition coefficient (Wildman–Crippen LogP) is 4.30. The van der Waals surface area contributed by atoms with E-state index in [2.05, 4.69) is 5.32 Å². The summed E-state index contributed by atoms with van der Waals surface area (Å²) < 4.78 is 18.9. The molecule has 6 heteroatoms. The number of fused-ring (bicyclic) bond motifs is 1. The highest BCUT2D eigenvalue weighted by molar-refractivity contribution is 5.94. The maximum Gasteiger partial charge on any atom is 0.253 e. The molecule has 1 aromatic heterocycles. The number of halogens is 1. The van der Waals surface area contributed by atoms with Gasteiger partial charge in [0, 0.05) is 24.0 Å². The molecule has 29 heavy (non-hydrogen) atoms. The zero-order chi connectivity index (χ0) is 20.4. The molecule has 0 saturated carbocycles. The Labute approximate surface area is 168 Å². The third-order valence-corrected chi connectivity index (χ3v) is 5.40. The number of furan rings is 1. The minimum absolute atomic E-state index is 0.0884. The zero-order valence-corrected chi connectivity index (χ0v) is 16.2. The topological polar surface area (TPSA) is 62.6 Å². The number of para-hydroxylation sites is 1. The van der Waals surface area contributed by atoms with E-state index in [1.54, 1.807) is 4.90 Å². The first-order valence-corrected chi connectivity index (χ1v) is 9.85. The lowest BCUT2D eigenvalue weighted by atomic mass is 9.96. The molecule has 5 nitrogen and oxygen atoms in total. The van der Waals surface area contributed by atoms with E-state index in [-0.39, 0.29) is 29.6 Å². The van der Waals surface area contributed by atoms with Crippen LogP contribution in [0.1, 0.15) is 41.9 Å². The number of hydrogen-bond acceptors (Lipinski definition) is 3. The Balaban J connectivity index is 1.40. The predicted molar refractivity (Wildman–Crippen MR) is 108 cm³/mol. The highest BCUT2D eigenvalue weighted by Gasteiger charge is 2.30. The van der Waals surface area contributed by atoms with Gasteiger partial charge >= 0.3 is 0 Å². The van der Waals surface area contributed by atoms with Crippen molar-refractivity contribution in [3.05, 3.63) is 71.7 Å². The van der Waals surface area contributed by atoms with Crippen molar-refractivity contribution in [1.29, 1.82) is 0 Å². The fourth-order valence-electron chi connectivity index (χ4n) is 3.77. The maximum atomic E-state index is 13.1. The molecule has 2 aromatic carbocycles. The van der Waals surface area contributed by atoms with Crippen LogP contribution in [0.2, 0.25) is 0 Å². The van der Waals surface area contributed by atoms with E-state index in [4.69, 9.17) is 4.42 Å². The molecule has 2 atom stereocenters. The molecule has 1 aliphatic heterocycles. The Kier molecular flexibility index (Phi) is 5.34. The van der Waals surface area contributed by atoms with Gasteiger partial charge in [-0.05, 0) is 56.2 Å². The number of nitrogens with one attached hydrogen (secondary N) is 1. The second-order valence-corrected chi connectivity index (χ2v) is 7.51. The summed E-state index contributed by atoms with van der Waals surface area (Å²) in [5, 5.41) is 4.01. The number of hydrogen-bond donors (Lipinski definition) is 1. The molecule has 1 aliphatic rings. The van der Waals surface area contributed by atoms with Gasteiger partial charge in [0.2, 0.25) is 5.91 Å². The van der Waals surface area contributed by atoms with Crippen molar-refractivity contribution < 1.29 is 18.4 Å². The van der Waals surface area contributed by atoms with Crippen molar-refractivity contribution in [3.63, 3.8) is 0 Å². The molecular formula is C23H23FN2O3. The number of piperidine rings is 1. The first kappa shape index (κ1) is 19.2. The Bertz CT molecular complexity index is 995. The standard InChI is InChI=1S/C23H23FN2O3/c1-15(21-13-17-5-2-3-7-20(17)29-21)25-22(27)18-6-4-12-26(14-18)23(28)16-8-10-19(24)11-9-16/h2-3,5,7-11,13,15,18H,4,6,12,14H2,1H3,(H,25,27). The van der Waals surface area contributed by atoms with Crippen LogP contribution in [-0.4, -0.2) is 29.8 Å². The fourth-order valence-corrected chi connectivity index (χ4v) is 3.77. The molecule has 2 unspecified atom stereocenters. The summed E-state index contributed by atoms with van der Waals surface area (Å²) in [5.41, 5.74) is 1.22. The molecule has 150 valence electrons. The average molecular weight is 394 g/mol. The number of nitrogens with zero attached hydrogens (tertiary/aromatic N) is 1. The van der Waals surface area contributed by atoms with Gasteiger partial charge in [-0.3, -0.25) is 9.59 Å². The quantitative estimate of drug-likeness (QED) is 0.718. The molecule has 1 saturated heterocycles. The van der Waals surface area contributed by atoms with Crippen molar-refractivity contribution in [2.75, 3.05) is 13.1 Å². The smallest absolute Gasteiger partial charge is 0.253 e. The summed E-state index contributed by atoms with van der Waals surface area (Å²) in [5.74, 6) is -0.214. The first-order chi connectivity index (χ1) is 14.0. The molecule has 1 fully saturated rings. The first-order valence-electron chi connectivity index (χ1n) is 9.85. The second kappa shape index (κ2) is 8.07. The summed E-state index contributed by atoms with van der Waals surface area (Å²) in [4.78, 5) is 27.2. The number of amides is 2. The normalized spacial score (nSPS) is 17.9. The minimum atomic E-state index is -0.378. The van der Waals surface area contributed by atoms with E-state index in [0.29, 0.717) is 24.4 Å². The summed E-state index contributed by atoms with van der Waals surface area (Å²) >= 11 is 0. The minimum Gasteiger partial charge on any atom is -0.459 e. The number of rotatable bonds is 4. The third kappa shape index (κ3) is 4.16. The molecule has 2 heterocycles. The van der Waals surface area contributed by atoms with Crippen LogP contribution in [-0.2, 0) is 4.79 Å². The van der Waals surface area contributed by atoms with Gasteiger partial charge in [-0.1, -0.05) is 18.2 Å². The Hall–Kier alpha value is -3.15. The van der Waals surface area contributed by atoms with Crippen LogP contribution in [0, 0.1) is 11.7 Å². The molecule has 2 amide bonds. The maximum absolute atomic E-state index is 13.1. The van der Waals surface area contributed by atoms with Gasteiger partial charge in [-0.15, -0.1) is 0 Å². The van der Waals surface area contributed by atoms with E-state index in [1.807, 2.05) is 37.3 Å². The van der Waals surface area contributed by atoms with Gasteiger partial charge in [0.1, 0.15) is 17.2 Å². The Morgan fingerprint density at radius 1 is 1.17 bits per heavy atom. The summed E-state index contributed by atoms with van der Waals surface area (Å²) in [6, 6.07) is 14.9. The second-order valence-electron chi connectivity index (χ2n) is 7.51. The molecule has 3 aromatic rings. The van der Waals surface area contributed by atoms with E-state index in [1.165, 1.54) is 24.3 Å². The lowest BCUT2D eigenvalue weighted by Crippen LogP contribution is -2.45. The van der Waals surface area contributed by atoms with E-state index in [9.17, 15) is 14.0 Å². The van der Waals surface area contributed by atoms with Gasteiger partial charge in [-0.25, -0.2) is 4.39 Å². The van der Waals surface area contributed by atoms with Crippen molar-refractivity contribution in [3.8, 4) is 0 Å². The van der Waals surface area contributed by atoms with Crippen LogP contribution in [0.15, 0.2) is 59.0 Å². The van der Waals surface area contributed by atoms with Crippen molar-refractivity contribution in [1.82, 2.24) is 10.2 Å². The number of likely N-dealkylation sites (tertiary alicyclic amines) is 1. The van der Waals surface area contributed by atoms with E-state index in [0.717, 1.165) is 23.8 Å². The Morgan fingerprint density at radius 2 is 1.93 bits per heavy atom. The van der Waals surface area contributed by atoms with Gasteiger partial charge in [0.25, 0.3) is 5.91 Å². The van der Waals surface area contributed by atoms with Gasteiger partial charge in [0.05, 0.1) is 12.0 Å².